The molecule has 0 bridgehead atoms. The van der Waals surface area contributed by atoms with Crippen LogP contribution >= 0.6 is 0 Å². The fourth-order valence-electron chi connectivity index (χ4n) is 2.53. The van der Waals surface area contributed by atoms with Gasteiger partial charge in [-0.2, -0.15) is 0 Å². The molecule has 1 saturated heterocycles. The molecule has 2 unspecified atom stereocenters. The van der Waals surface area contributed by atoms with E-state index in [9.17, 15) is 18.3 Å². The largest absolute Gasteiger partial charge is 0.390 e. The molecule has 1 aliphatic heterocycles. The number of hydrogen-bond acceptors (Lipinski definition) is 5. The van der Waals surface area contributed by atoms with E-state index in [1.54, 1.807) is 17.0 Å². The van der Waals surface area contributed by atoms with Crippen molar-refractivity contribution in [1.82, 2.24) is 4.90 Å². The summed E-state index contributed by atoms with van der Waals surface area (Å²) in [7, 11) is -3.22. The van der Waals surface area contributed by atoms with E-state index in [2.05, 4.69) is 5.32 Å². The topological polar surface area (TPSA) is 86.7 Å². The summed E-state index contributed by atoms with van der Waals surface area (Å²) in [5.41, 5.74) is 0.693. The molecule has 2 atom stereocenters. The highest BCUT2D eigenvalue weighted by Crippen LogP contribution is 2.18. The molecular weight excluding hydrogens is 292 g/mol. The first-order chi connectivity index (χ1) is 9.91. The van der Waals surface area contributed by atoms with E-state index in [1.165, 1.54) is 0 Å². The van der Waals surface area contributed by atoms with E-state index in [4.69, 9.17) is 0 Å². The molecule has 0 aliphatic carbocycles. The summed E-state index contributed by atoms with van der Waals surface area (Å²) in [6.45, 7) is 2.40. The summed E-state index contributed by atoms with van der Waals surface area (Å²) in [4.78, 5) is 13.7. The van der Waals surface area contributed by atoms with Crippen molar-refractivity contribution >= 4 is 21.4 Å². The van der Waals surface area contributed by atoms with E-state index in [0.717, 1.165) is 0 Å². The third-order valence-corrected chi connectivity index (χ3v) is 5.27. The Morgan fingerprint density at radius 2 is 2.00 bits per heavy atom. The van der Waals surface area contributed by atoms with E-state index >= 15 is 0 Å². The summed E-state index contributed by atoms with van der Waals surface area (Å²) < 4.78 is 23.1. The first kappa shape index (κ1) is 15.9. The number of rotatable bonds is 5. The molecule has 7 heteroatoms. The molecule has 1 heterocycles. The highest BCUT2D eigenvalue weighted by molar-refractivity contribution is 7.91. The van der Waals surface area contributed by atoms with Crippen molar-refractivity contribution in [3.05, 3.63) is 30.3 Å². The fraction of sp³-hybridized carbons (Fsp3) is 0.500. The van der Waals surface area contributed by atoms with Crippen LogP contribution in [0, 0.1) is 0 Å². The number of para-hydroxylation sites is 1. The van der Waals surface area contributed by atoms with Gasteiger partial charge in [-0.05, 0) is 18.7 Å². The van der Waals surface area contributed by atoms with E-state index in [0.29, 0.717) is 12.2 Å². The SMILES string of the molecule is CCN(CC(=O)Nc1ccccc1)C1CS(=O)(=O)CC1O. The fourth-order valence-corrected chi connectivity index (χ4v) is 4.36. The Labute approximate surface area is 124 Å². The summed E-state index contributed by atoms with van der Waals surface area (Å²) >= 11 is 0. The zero-order valence-corrected chi connectivity index (χ0v) is 12.7. The van der Waals surface area contributed by atoms with E-state index in [-0.39, 0.29) is 24.0 Å². The van der Waals surface area contributed by atoms with Crippen molar-refractivity contribution in [3.8, 4) is 0 Å². The number of nitrogens with one attached hydrogen (secondary N) is 1. The zero-order valence-electron chi connectivity index (χ0n) is 11.9. The number of anilines is 1. The Hall–Kier alpha value is -1.44. The average Bonchev–Trinajstić information content (AvgIpc) is 2.70. The van der Waals surface area contributed by atoms with Gasteiger partial charge in [0.25, 0.3) is 0 Å². The average molecular weight is 312 g/mol. The van der Waals surface area contributed by atoms with Crippen LogP contribution in [0.4, 0.5) is 5.69 Å². The smallest absolute Gasteiger partial charge is 0.238 e. The number of carbonyl (C=O) groups excluding carboxylic acids is 1. The van der Waals surface area contributed by atoms with Gasteiger partial charge in [-0.3, -0.25) is 9.69 Å². The third kappa shape index (κ3) is 4.26. The van der Waals surface area contributed by atoms with Crippen molar-refractivity contribution in [1.29, 1.82) is 0 Å². The van der Waals surface area contributed by atoms with Crippen LogP contribution in [0.15, 0.2) is 30.3 Å². The molecule has 116 valence electrons. The predicted molar refractivity (Wildman–Crippen MR) is 80.8 cm³/mol. The highest BCUT2D eigenvalue weighted by Gasteiger charge is 2.39. The number of nitrogens with zero attached hydrogens (tertiary/aromatic N) is 1. The second kappa shape index (κ2) is 6.55. The maximum absolute atomic E-state index is 12.0. The van der Waals surface area contributed by atoms with Gasteiger partial charge in [-0.25, -0.2) is 8.42 Å². The van der Waals surface area contributed by atoms with Crippen LogP contribution in [0.2, 0.25) is 0 Å². The normalized spacial score (nSPS) is 24.1. The van der Waals surface area contributed by atoms with Crippen LogP contribution in [0.1, 0.15) is 6.92 Å². The molecule has 1 aromatic carbocycles. The lowest BCUT2D eigenvalue weighted by Crippen LogP contribution is -2.46. The molecule has 0 radical (unpaired) electrons. The third-order valence-electron chi connectivity index (χ3n) is 3.57. The van der Waals surface area contributed by atoms with E-state index < -0.39 is 22.0 Å². The minimum absolute atomic E-state index is 0.0582. The van der Waals surface area contributed by atoms with Crippen LogP contribution < -0.4 is 5.32 Å². The Bertz CT molecular complexity index is 588. The Morgan fingerprint density at radius 1 is 1.33 bits per heavy atom. The molecule has 21 heavy (non-hydrogen) atoms. The van der Waals surface area contributed by atoms with Gasteiger partial charge in [0, 0.05) is 5.69 Å². The Balaban J connectivity index is 1.98. The molecule has 0 aromatic heterocycles. The Kier molecular flexibility index (Phi) is 4.97. The minimum atomic E-state index is -3.22. The van der Waals surface area contributed by atoms with Crippen molar-refractivity contribution in [3.63, 3.8) is 0 Å². The lowest BCUT2D eigenvalue weighted by atomic mass is 10.2. The Morgan fingerprint density at radius 3 is 2.52 bits per heavy atom. The number of aliphatic hydroxyl groups excluding tert-OH is 1. The molecule has 6 nitrogen and oxygen atoms in total. The molecule has 1 aliphatic rings. The number of carbonyl (C=O) groups is 1. The lowest BCUT2D eigenvalue weighted by Gasteiger charge is -2.28. The molecule has 1 aromatic rings. The number of amides is 1. The van der Waals surface area contributed by atoms with Crippen LogP contribution in [-0.2, 0) is 14.6 Å². The second-order valence-electron chi connectivity index (χ2n) is 5.19. The zero-order chi connectivity index (χ0) is 15.5. The first-order valence-corrected chi connectivity index (χ1v) is 8.71. The van der Waals surface area contributed by atoms with Gasteiger partial charge in [-0.15, -0.1) is 0 Å². The first-order valence-electron chi connectivity index (χ1n) is 6.88. The summed E-state index contributed by atoms with van der Waals surface area (Å²) in [6, 6.07) is 8.54. The highest BCUT2D eigenvalue weighted by atomic mass is 32.2. The minimum Gasteiger partial charge on any atom is -0.390 e. The number of hydrogen-bond donors (Lipinski definition) is 2. The van der Waals surface area contributed by atoms with E-state index in [1.807, 2.05) is 25.1 Å². The quantitative estimate of drug-likeness (QED) is 0.805. The maximum atomic E-state index is 12.0. The molecule has 2 N–H and O–H groups in total. The lowest BCUT2D eigenvalue weighted by molar-refractivity contribution is -0.118. The molecule has 1 fully saturated rings. The van der Waals surface area contributed by atoms with Crippen molar-refractivity contribution in [2.24, 2.45) is 0 Å². The molecule has 0 spiro atoms. The molecule has 1 amide bonds. The van der Waals surface area contributed by atoms with Gasteiger partial charge in [0.2, 0.25) is 5.91 Å². The summed E-state index contributed by atoms with van der Waals surface area (Å²) in [6.07, 6.45) is -0.931. The van der Waals surface area contributed by atoms with Crippen LogP contribution in [0.25, 0.3) is 0 Å². The van der Waals surface area contributed by atoms with Crippen molar-refractivity contribution in [2.75, 3.05) is 29.9 Å². The molecule has 0 saturated carbocycles. The molecule has 2 rings (SSSR count). The number of aliphatic hydroxyl groups is 1. The van der Waals surface area contributed by atoms with Gasteiger partial charge in [0.1, 0.15) is 0 Å². The number of sulfone groups is 1. The van der Waals surface area contributed by atoms with Crippen LogP contribution in [0.3, 0.4) is 0 Å². The van der Waals surface area contributed by atoms with Gasteiger partial charge in [0.15, 0.2) is 9.84 Å². The number of benzene rings is 1. The van der Waals surface area contributed by atoms with Gasteiger partial charge >= 0.3 is 0 Å². The number of likely N-dealkylation sites (N-methyl/N-ethyl adjacent to an activating group) is 1. The van der Waals surface area contributed by atoms with Gasteiger partial charge in [0.05, 0.1) is 30.2 Å². The molecular formula is C14H20N2O4S. The standard InChI is InChI=1S/C14H20N2O4S/c1-2-16(12-9-21(19,20)10-13(12)17)8-14(18)15-11-6-4-3-5-7-11/h3-7,12-13,17H,2,8-10H2,1H3,(H,15,18). The summed E-state index contributed by atoms with van der Waals surface area (Å²) in [5, 5.41) is 12.6. The van der Waals surface area contributed by atoms with Crippen LogP contribution in [-0.4, -0.2) is 61.1 Å². The van der Waals surface area contributed by atoms with Crippen molar-refractivity contribution in [2.45, 2.75) is 19.1 Å². The second-order valence-corrected chi connectivity index (χ2v) is 7.34. The predicted octanol–water partition coefficient (Wildman–Crippen LogP) is 0.105. The van der Waals surface area contributed by atoms with Gasteiger partial charge < -0.3 is 10.4 Å². The maximum Gasteiger partial charge on any atom is 0.238 e. The van der Waals surface area contributed by atoms with Gasteiger partial charge in [-0.1, -0.05) is 25.1 Å². The monoisotopic (exact) mass is 312 g/mol. The summed E-state index contributed by atoms with van der Waals surface area (Å²) in [5.74, 6) is -0.547. The van der Waals surface area contributed by atoms with Crippen molar-refractivity contribution < 1.29 is 18.3 Å². The van der Waals surface area contributed by atoms with Crippen LogP contribution in [0.5, 0.6) is 0 Å².